The summed E-state index contributed by atoms with van der Waals surface area (Å²) in [7, 11) is 1.54. The number of rotatable bonds is 4. The minimum Gasteiger partial charge on any atom is -0.396 e. The monoisotopic (exact) mass is 181 g/mol. The van der Waals surface area contributed by atoms with Crippen LogP contribution < -0.4 is 5.73 Å². The first-order chi connectivity index (χ1) is 6.23. The predicted molar refractivity (Wildman–Crippen MR) is 51.0 cm³/mol. The molecule has 0 amide bonds. The van der Waals surface area contributed by atoms with Crippen LogP contribution in [0.4, 0.5) is 0 Å². The summed E-state index contributed by atoms with van der Waals surface area (Å²) in [6.07, 6.45) is 0.396. The van der Waals surface area contributed by atoms with Crippen molar-refractivity contribution in [2.24, 2.45) is 5.73 Å². The molecule has 13 heavy (non-hydrogen) atoms. The van der Waals surface area contributed by atoms with Gasteiger partial charge in [-0.25, -0.2) is 0 Å². The molecule has 3 nitrogen and oxygen atoms in total. The third-order valence-electron chi connectivity index (χ3n) is 2.11. The van der Waals surface area contributed by atoms with Crippen molar-refractivity contribution in [3.05, 3.63) is 35.9 Å². The molecule has 1 aromatic rings. The second kappa shape index (κ2) is 4.37. The van der Waals surface area contributed by atoms with E-state index >= 15 is 0 Å². The summed E-state index contributed by atoms with van der Waals surface area (Å²) in [5, 5.41) is 8.83. The van der Waals surface area contributed by atoms with E-state index in [-0.39, 0.29) is 6.61 Å². The van der Waals surface area contributed by atoms with Gasteiger partial charge in [-0.15, -0.1) is 0 Å². The van der Waals surface area contributed by atoms with Crippen LogP contribution in [0.5, 0.6) is 0 Å². The first-order valence-electron chi connectivity index (χ1n) is 4.23. The average Bonchev–Trinajstić information content (AvgIpc) is 2.19. The summed E-state index contributed by atoms with van der Waals surface area (Å²) in [4.78, 5) is 0. The molecule has 1 atom stereocenters. The van der Waals surface area contributed by atoms with E-state index in [1.54, 1.807) is 7.11 Å². The van der Waals surface area contributed by atoms with Gasteiger partial charge in [-0.2, -0.15) is 0 Å². The minimum atomic E-state index is -0.865. The van der Waals surface area contributed by atoms with Gasteiger partial charge in [0.2, 0.25) is 0 Å². The number of benzene rings is 1. The summed E-state index contributed by atoms with van der Waals surface area (Å²) >= 11 is 0. The Morgan fingerprint density at radius 1 is 1.38 bits per heavy atom. The topological polar surface area (TPSA) is 55.5 Å². The highest BCUT2D eigenvalue weighted by atomic mass is 16.5. The van der Waals surface area contributed by atoms with Gasteiger partial charge < -0.3 is 9.84 Å². The lowest BCUT2D eigenvalue weighted by Gasteiger charge is -2.27. The standard InChI is InChI=1S/C10H15NO2/c1-13-10(11,7-8-12)9-5-3-2-4-6-9/h2-6,12H,7-8,11H2,1H3. The smallest absolute Gasteiger partial charge is 0.144 e. The molecule has 72 valence electrons. The Morgan fingerprint density at radius 2 is 2.00 bits per heavy atom. The van der Waals surface area contributed by atoms with Gasteiger partial charge >= 0.3 is 0 Å². The Balaban J connectivity index is 2.89. The highest BCUT2D eigenvalue weighted by Gasteiger charge is 2.25. The first-order valence-corrected chi connectivity index (χ1v) is 4.23. The zero-order chi connectivity index (χ0) is 9.73. The van der Waals surface area contributed by atoms with Crippen LogP contribution in [-0.4, -0.2) is 18.8 Å². The molecule has 3 N–H and O–H groups in total. The molecule has 0 bridgehead atoms. The van der Waals surface area contributed by atoms with E-state index in [0.29, 0.717) is 6.42 Å². The van der Waals surface area contributed by atoms with Crippen molar-refractivity contribution in [2.75, 3.05) is 13.7 Å². The normalized spacial score (nSPS) is 15.3. The number of aliphatic hydroxyl groups excluding tert-OH is 1. The molecule has 0 saturated carbocycles. The van der Waals surface area contributed by atoms with Crippen molar-refractivity contribution < 1.29 is 9.84 Å². The zero-order valence-corrected chi connectivity index (χ0v) is 7.73. The third-order valence-corrected chi connectivity index (χ3v) is 2.11. The number of methoxy groups -OCH3 is 1. The summed E-state index contributed by atoms with van der Waals surface area (Å²) in [6.45, 7) is 0.0131. The molecule has 0 saturated heterocycles. The van der Waals surface area contributed by atoms with Crippen LogP contribution >= 0.6 is 0 Å². The fraction of sp³-hybridized carbons (Fsp3) is 0.400. The molecule has 0 radical (unpaired) electrons. The molecule has 0 aliphatic heterocycles. The van der Waals surface area contributed by atoms with Crippen molar-refractivity contribution in [3.8, 4) is 0 Å². The van der Waals surface area contributed by atoms with Crippen molar-refractivity contribution >= 4 is 0 Å². The highest BCUT2D eigenvalue weighted by Crippen LogP contribution is 2.21. The van der Waals surface area contributed by atoms with Crippen LogP contribution in [0.25, 0.3) is 0 Å². The SMILES string of the molecule is COC(N)(CCO)c1ccccc1. The molecule has 0 heterocycles. The van der Waals surface area contributed by atoms with Crippen LogP contribution in [0, 0.1) is 0 Å². The lowest BCUT2D eigenvalue weighted by molar-refractivity contribution is -0.0281. The number of ether oxygens (including phenoxy) is 1. The lowest BCUT2D eigenvalue weighted by atomic mass is 10.0. The van der Waals surface area contributed by atoms with Gasteiger partial charge in [0, 0.05) is 20.1 Å². The van der Waals surface area contributed by atoms with Crippen LogP contribution in [-0.2, 0) is 10.5 Å². The van der Waals surface area contributed by atoms with Gasteiger partial charge in [-0.05, 0) is 5.56 Å². The van der Waals surface area contributed by atoms with Gasteiger partial charge in [0.1, 0.15) is 5.72 Å². The van der Waals surface area contributed by atoms with Gasteiger partial charge in [0.25, 0.3) is 0 Å². The fourth-order valence-corrected chi connectivity index (χ4v) is 1.25. The van der Waals surface area contributed by atoms with Crippen molar-refractivity contribution in [1.29, 1.82) is 0 Å². The van der Waals surface area contributed by atoms with Crippen molar-refractivity contribution in [1.82, 2.24) is 0 Å². The highest BCUT2D eigenvalue weighted by molar-refractivity contribution is 5.21. The second-order valence-corrected chi connectivity index (χ2v) is 2.93. The van der Waals surface area contributed by atoms with Gasteiger partial charge in [0.05, 0.1) is 0 Å². The Labute approximate surface area is 78.1 Å². The van der Waals surface area contributed by atoms with E-state index in [1.807, 2.05) is 30.3 Å². The maximum Gasteiger partial charge on any atom is 0.144 e. The molecule has 3 heteroatoms. The first kappa shape index (κ1) is 10.2. The Hall–Kier alpha value is -0.900. The summed E-state index contributed by atoms with van der Waals surface area (Å²) in [5.74, 6) is 0. The molecule has 0 fully saturated rings. The number of nitrogens with two attached hydrogens (primary N) is 1. The second-order valence-electron chi connectivity index (χ2n) is 2.93. The number of hydrogen-bond donors (Lipinski definition) is 2. The lowest BCUT2D eigenvalue weighted by Crippen LogP contribution is -2.39. The molecular weight excluding hydrogens is 166 g/mol. The Morgan fingerprint density at radius 3 is 2.46 bits per heavy atom. The Bertz CT molecular complexity index is 250. The summed E-state index contributed by atoms with van der Waals surface area (Å²) in [5.41, 5.74) is 5.96. The van der Waals surface area contributed by atoms with Crippen LogP contribution in [0.1, 0.15) is 12.0 Å². The summed E-state index contributed by atoms with van der Waals surface area (Å²) < 4.78 is 5.18. The van der Waals surface area contributed by atoms with Crippen molar-refractivity contribution in [2.45, 2.75) is 12.1 Å². The van der Waals surface area contributed by atoms with Crippen molar-refractivity contribution in [3.63, 3.8) is 0 Å². The van der Waals surface area contributed by atoms with Crippen LogP contribution in [0.3, 0.4) is 0 Å². The maximum atomic E-state index is 8.83. The zero-order valence-electron chi connectivity index (χ0n) is 7.73. The van der Waals surface area contributed by atoms with E-state index in [1.165, 1.54) is 0 Å². The van der Waals surface area contributed by atoms with Crippen LogP contribution in [0.15, 0.2) is 30.3 Å². The van der Waals surface area contributed by atoms with Gasteiger partial charge in [0.15, 0.2) is 0 Å². The minimum absolute atomic E-state index is 0.0131. The Kier molecular flexibility index (Phi) is 3.42. The number of aliphatic hydroxyl groups is 1. The van der Waals surface area contributed by atoms with E-state index in [4.69, 9.17) is 15.6 Å². The quantitative estimate of drug-likeness (QED) is 0.676. The predicted octanol–water partition coefficient (Wildman–Crippen LogP) is 0.827. The van der Waals surface area contributed by atoms with E-state index in [9.17, 15) is 0 Å². The molecule has 0 aliphatic carbocycles. The maximum absolute atomic E-state index is 8.83. The van der Waals surface area contributed by atoms with E-state index < -0.39 is 5.72 Å². The largest absolute Gasteiger partial charge is 0.396 e. The van der Waals surface area contributed by atoms with E-state index in [2.05, 4.69) is 0 Å². The van der Waals surface area contributed by atoms with E-state index in [0.717, 1.165) is 5.56 Å². The molecule has 1 unspecified atom stereocenters. The number of hydrogen-bond acceptors (Lipinski definition) is 3. The molecule has 1 rings (SSSR count). The molecule has 0 aliphatic rings. The van der Waals surface area contributed by atoms with Crippen LogP contribution in [0.2, 0.25) is 0 Å². The summed E-state index contributed by atoms with van der Waals surface area (Å²) in [6, 6.07) is 9.48. The average molecular weight is 181 g/mol. The van der Waals surface area contributed by atoms with Gasteiger partial charge in [-0.1, -0.05) is 30.3 Å². The molecule has 0 spiro atoms. The molecule has 1 aromatic carbocycles. The fourth-order valence-electron chi connectivity index (χ4n) is 1.25. The third kappa shape index (κ3) is 2.28. The van der Waals surface area contributed by atoms with Gasteiger partial charge in [-0.3, -0.25) is 5.73 Å². The molecular formula is C10H15NO2. The molecule has 0 aromatic heterocycles.